The van der Waals surface area contributed by atoms with Gasteiger partial charge in [-0.2, -0.15) is 13.2 Å². The van der Waals surface area contributed by atoms with E-state index in [0.717, 1.165) is 0 Å². The molecule has 0 aliphatic carbocycles. The lowest BCUT2D eigenvalue weighted by atomic mass is 10.0. The minimum Gasteiger partial charge on any atom is -0.497 e. The summed E-state index contributed by atoms with van der Waals surface area (Å²) < 4.78 is 41.5. The summed E-state index contributed by atoms with van der Waals surface area (Å²) in [6.07, 6.45) is -4.91. The number of ether oxygens (including phenoxy) is 1. The van der Waals surface area contributed by atoms with E-state index in [9.17, 15) is 18.0 Å². The summed E-state index contributed by atoms with van der Waals surface area (Å²) >= 11 is 0. The lowest BCUT2D eigenvalue weighted by molar-refractivity contribution is -0.167. The number of carbonyl (C=O) groups is 1. The maximum Gasteiger partial charge on any atom is 0.471 e. The van der Waals surface area contributed by atoms with E-state index in [4.69, 9.17) is 4.74 Å². The van der Waals surface area contributed by atoms with E-state index in [1.54, 1.807) is 12.1 Å². The van der Waals surface area contributed by atoms with Crippen LogP contribution in [0.2, 0.25) is 0 Å². The molecule has 0 saturated heterocycles. The molecule has 0 fully saturated rings. The molecule has 100 valence electrons. The molecule has 0 heterocycles. The molecule has 1 rings (SSSR count). The zero-order valence-corrected chi connectivity index (χ0v) is 10.3. The Morgan fingerprint density at radius 3 is 2.39 bits per heavy atom. The maximum atomic E-state index is 12.2. The van der Waals surface area contributed by atoms with Crippen LogP contribution < -0.4 is 10.1 Å². The van der Waals surface area contributed by atoms with E-state index in [-0.39, 0.29) is 11.6 Å². The topological polar surface area (TPSA) is 38.3 Å². The number of rotatable bonds is 3. The van der Waals surface area contributed by atoms with Crippen LogP contribution in [0.3, 0.4) is 0 Å². The van der Waals surface area contributed by atoms with Crippen molar-refractivity contribution in [3.8, 4) is 5.75 Å². The normalized spacial score (nSPS) is 11.5. The van der Waals surface area contributed by atoms with Gasteiger partial charge in [0.2, 0.25) is 0 Å². The number of methoxy groups -OCH3 is 1. The van der Waals surface area contributed by atoms with Crippen LogP contribution in [0.1, 0.15) is 25.3 Å². The van der Waals surface area contributed by atoms with Gasteiger partial charge in [-0.25, -0.2) is 0 Å². The highest BCUT2D eigenvalue weighted by atomic mass is 19.4. The molecule has 1 aromatic carbocycles. The predicted octanol–water partition coefficient (Wildman–Crippen LogP) is 3.32. The molecule has 0 bridgehead atoms. The number of alkyl halides is 3. The first-order valence-corrected chi connectivity index (χ1v) is 5.31. The van der Waals surface area contributed by atoms with Gasteiger partial charge < -0.3 is 10.1 Å². The summed E-state index contributed by atoms with van der Waals surface area (Å²) in [6, 6.07) is 4.65. The van der Waals surface area contributed by atoms with Crippen molar-refractivity contribution < 1.29 is 22.7 Å². The molecule has 3 nitrogen and oxygen atoms in total. The molecule has 0 atom stereocenters. The molecule has 0 radical (unpaired) electrons. The average Bonchev–Trinajstić information content (AvgIpc) is 2.27. The van der Waals surface area contributed by atoms with Crippen LogP contribution in [0, 0.1) is 0 Å². The second kappa shape index (κ2) is 5.29. The van der Waals surface area contributed by atoms with Gasteiger partial charge in [-0.15, -0.1) is 0 Å². The van der Waals surface area contributed by atoms with Crippen molar-refractivity contribution in [1.82, 2.24) is 0 Å². The average molecular weight is 261 g/mol. The zero-order valence-electron chi connectivity index (χ0n) is 10.3. The van der Waals surface area contributed by atoms with Gasteiger partial charge in [0.1, 0.15) is 5.75 Å². The molecule has 0 saturated carbocycles. The number of hydrogen-bond donors (Lipinski definition) is 1. The summed E-state index contributed by atoms with van der Waals surface area (Å²) in [5.41, 5.74) is 0.736. The fourth-order valence-electron chi connectivity index (χ4n) is 1.47. The Kier molecular flexibility index (Phi) is 4.21. The highest BCUT2D eigenvalue weighted by Crippen LogP contribution is 2.29. The van der Waals surface area contributed by atoms with Crippen molar-refractivity contribution in [2.45, 2.75) is 25.9 Å². The van der Waals surface area contributed by atoms with Crippen LogP contribution in [0.5, 0.6) is 5.75 Å². The minimum atomic E-state index is -4.91. The van der Waals surface area contributed by atoms with Gasteiger partial charge in [-0.3, -0.25) is 4.79 Å². The summed E-state index contributed by atoms with van der Waals surface area (Å²) in [5, 5.41) is 1.86. The third-order valence-electron chi connectivity index (χ3n) is 2.39. The van der Waals surface area contributed by atoms with Crippen molar-refractivity contribution in [2.75, 3.05) is 12.4 Å². The quantitative estimate of drug-likeness (QED) is 0.906. The minimum absolute atomic E-state index is 0.0144. The van der Waals surface area contributed by atoms with Gasteiger partial charge in [-0.1, -0.05) is 19.9 Å². The highest BCUT2D eigenvalue weighted by molar-refractivity contribution is 5.95. The predicted molar refractivity (Wildman–Crippen MR) is 61.8 cm³/mol. The van der Waals surface area contributed by atoms with Crippen LogP contribution in [0.15, 0.2) is 18.2 Å². The van der Waals surface area contributed by atoms with Crippen molar-refractivity contribution in [1.29, 1.82) is 0 Å². The molecule has 1 N–H and O–H groups in total. The summed E-state index contributed by atoms with van der Waals surface area (Å²) in [5.74, 6) is -1.62. The van der Waals surface area contributed by atoms with Crippen LogP contribution in [0.4, 0.5) is 18.9 Å². The van der Waals surface area contributed by atoms with Crippen molar-refractivity contribution in [2.24, 2.45) is 0 Å². The summed E-state index contributed by atoms with van der Waals surface area (Å²) in [7, 11) is 1.40. The number of nitrogens with one attached hydrogen (secondary N) is 1. The van der Waals surface area contributed by atoms with Crippen molar-refractivity contribution in [3.05, 3.63) is 23.8 Å². The Morgan fingerprint density at radius 2 is 1.94 bits per heavy atom. The Bertz CT molecular complexity index is 441. The number of carbonyl (C=O) groups excluding carboxylic acids is 1. The third-order valence-corrected chi connectivity index (χ3v) is 2.39. The largest absolute Gasteiger partial charge is 0.497 e. The first-order chi connectivity index (χ1) is 8.25. The van der Waals surface area contributed by atoms with Gasteiger partial charge in [0.25, 0.3) is 0 Å². The standard InChI is InChI=1S/C12H14F3NO2/c1-7(2)9-5-4-8(18-3)6-10(9)16-11(17)12(13,14)15/h4-7H,1-3H3,(H,16,17). The molecule has 0 aliphatic rings. The Labute approximate surface area is 103 Å². The van der Waals surface area contributed by atoms with Gasteiger partial charge in [0.15, 0.2) is 0 Å². The molecular weight excluding hydrogens is 247 g/mol. The van der Waals surface area contributed by atoms with E-state index in [1.165, 1.54) is 13.2 Å². The van der Waals surface area contributed by atoms with Gasteiger partial charge >= 0.3 is 12.1 Å². The number of hydrogen-bond acceptors (Lipinski definition) is 2. The Balaban J connectivity index is 3.09. The zero-order chi connectivity index (χ0) is 13.9. The molecule has 0 unspecified atom stereocenters. The Hall–Kier alpha value is -1.72. The van der Waals surface area contributed by atoms with Crippen molar-refractivity contribution in [3.63, 3.8) is 0 Å². The maximum absolute atomic E-state index is 12.2. The summed E-state index contributed by atoms with van der Waals surface area (Å²) in [4.78, 5) is 10.9. The molecule has 6 heteroatoms. The molecule has 0 aromatic heterocycles. The first-order valence-electron chi connectivity index (χ1n) is 5.31. The number of benzene rings is 1. The molecule has 0 spiro atoms. The third kappa shape index (κ3) is 3.38. The highest BCUT2D eigenvalue weighted by Gasteiger charge is 2.39. The van der Waals surface area contributed by atoms with Crippen molar-refractivity contribution >= 4 is 11.6 Å². The SMILES string of the molecule is COc1ccc(C(C)C)c(NC(=O)C(F)(F)F)c1. The smallest absolute Gasteiger partial charge is 0.471 e. The molecule has 0 aliphatic heterocycles. The number of halogens is 3. The van der Waals surface area contributed by atoms with E-state index < -0.39 is 12.1 Å². The van der Waals surface area contributed by atoms with E-state index in [0.29, 0.717) is 11.3 Å². The molecule has 1 amide bonds. The second-order valence-electron chi connectivity index (χ2n) is 4.06. The van der Waals surface area contributed by atoms with Crippen LogP contribution in [0.25, 0.3) is 0 Å². The van der Waals surface area contributed by atoms with Gasteiger partial charge in [0, 0.05) is 11.8 Å². The molecule has 18 heavy (non-hydrogen) atoms. The second-order valence-corrected chi connectivity index (χ2v) is 4.06. The molecule has 1 aromatic rings. The fraction of sp³-hybridized carbons (Fsp3) is 0.417. The van der Waals surface area contributed by atoms with Crippen LogP contribution in [-0.4, -0.2) is 19.2 Å². The van der Waals surface area contributed by atoms with E-state index >= 15 is 0 Å². The number of amides is 1. The van der Waals surface area contributed by atoms with Crippen LogP contribution in [-0.2, 0) is 4.79 Å². The summed E-state index contributed by atoms with van der Waals surface area (Å²) in [6.45, 7) is 3.65. The monoisotopic (exact) mass is 261 g/mol. The van der Waals surface area contributed by atoms with Gasteiger partial charge in [0.05, 0.1) is 7.11 Å². The number of anilines is 1. The van der Waals surface area contributed by atoms with E-state index in [1.807, 2.05) is 19.2 Å². The Morgan fingerprint density at radius 1 is 1.33 bits per heavy atom. The lowest BCUT2D eigenvalue weighted by Crippen LogP contribution is -2.30. The van der Waals surface area contributed by atoms with Gasteiger partial charge in [-0.05, 0) is 17.5 Å². The first kappa shape index (κ1) is 14.3. The lowest BCUT2D eigenvalue weighted by Gasteiger charge is -2.16. The van der Waals surface area contributed by atoms with Crippen LogP contribution >= 0.6 is 0 Å². The van der Waals surface area contributed by atoms with E-state index in [2.05, 4.69) is 0 Å². The fourth-order valence-corrected chi connectivity index (χ4v) is 1.47. The molecular formula is C12H14F3NO2.